The zero-order valence-corrected chi connectivity index (χ0v) is 17.6. The van der Waals surface area contributed by atoms with Crippen molar-refractivity contribution in [1.29, 1.82) is 0 Å². The highest BCUT2D eigenvalue weighted by Crippen LogP contribution is 2.32. The molecule has 0 aromatic heterocycles. The van der Waals surface area contributed by atoms with E-state index in [1.165, 1.54) is 22.1 Å². The zero-order chi connectivity index (χ0) is 22.1. The number of carbonyl (C=O) groups excluding carboxylic acids is 2. The lowest BCUT2D eigenvalue weighted by molar-refractivity contribution is -0.122. The molecule has 2 amide bonds. The molecule has 0 spiro atoms. The van der Waals surface area contributed by atoms with Crippen molar-refractivity contribution in [2.45, 2.75) is 19.4 Å². The molecule has 3 aromatic carbocycles. The van der Waals surface area contributed by atoms with E-state index in [0.717, 1.165) is 30.9 Å². The molecule has 162 valence electrons. The highest BCUT2D eigenvalue weighted by molar-refractivity contribution is 6.04. The first-order valence-corrected chi connectivity index (χ1v) is 10.9. The average molecular weight is 429 g/mol. The van der Waals surface area contributed by atoms with Gasteiger partial charge in [0, 0.05) is 26.1 Å². The number of rotatable bonds is 4. The molecule has 6 heteroatoms. The summed E-state index contributed by atoms with van der Waals surface area (Å²) in [5, 5.41) is 3.03. The lowest BCUT2D eigenvalue weighted by Crippen LogP contribution is -2.32. The van der Waals surface area contributed by atoms with Crippen molar-refractivity contribution in [3.8, 4) is 0 Å². The first-order valence-electron chi connectivity index (χ1n) is 10.9. The smallest absolute Gasteiger partial charge is 0.229 e. The molecule has 0 saturated carbocycles. The van der Waals surface area contributed by atoms with Crippen LogP contribution in [0, 0.1) is 11.7 Å². The highest BCUT2D eigenvalue weighted by atomic mass is 19.1. The van der Waals surface area contributed by atoms with Crippen LogP contribution >= 0.6 is 0 Å². The minimum Gasteiger partial charge on any atom is -0.365 e. The maximum absolute atomic E-state index is 14.2. The van der Waals surface area contributed by atoms with Crippen molar-refractivity contribution < 1.29 is 14.0 Å². The second-order valence-corrected chi connectivity index (χ2v) is 8.30. The van der Waals surface area contributed by atoms with Crippen molar-refractivity contribution in [3.05, 3.63) is 89.7 Å². The van der Waals surface area contributed by atoms with Gasteiger partial charge >= 0.3 is 0 Å². The number of hydrogen-bond acceptors (Lipinski definition) is 3. The number of nitrogens with one attached hydrogen (secondary N) is 1. The summed E-state index contributed by atoms with van der Waals surface area (Å²) in [7, 11) is 0. The van der Waals surface area contributed by atoms with Crippen LogP contribution in [0.3, 0.4) is 0 Å². The first-order chi connectivity index (χ1) is 15.6. The second-order valence-electron chi connectivity index (χ2n) is 8.30. The van der Waals surface area contributed by atoms with E-state index in [1.54, 1.807) is 18.2 Å². The Labute approximate surface area is 186 Å². The molecule has 2 aliphatic heterocycles. The molecule has 2 aliphatic rings. The predicted octanol–water partition coefficient (Wildman–Crippen LogP) is 4.38. The van der Waals surface area contributed by atoms with Crippen LogP contribution in [0.25, 0.3) is 0 Å². The summed E-state index contributed by atoms with van der Waals surface area (Å²) < 4.78 is 14.2. The molecule has 1 fully saturated rings. The first kappa shape index (κ1) is 20.2. The van der Waals surface area contributed by atoms with Crippen LogP contribution in [0.1, 0.15) is 17.5 Å². The summed E-state index contributed by atoms with van der Waals surface area (Å²) >= 11 is 0. The molecular formula is C26H24FN3O2. The van der Waals surface area contributed by atoms with Gasteiger partial charge in [0.15, 0.2) is 0 Å². The number of halogens is 1. The molecule has 2 heterocycles. The Morgan fingerprint density at radius 1 is 0.906 bits per heavy atom. The normalized spacial score (nSPS) is 17.9. The quantitative estimate of drug-likeness (QED) is 0.670. The summed E-state index contributed by atoms with van der Waals surface area (Å²) in [5.41, 5.74) is 4.57. The van der Waals surface area contributed by atoms with Crippen LogP contribution in [0.2, 0.25) is 0 Å². The molecule has 0 radical (unpaired) electrons. The van der Waals surface area contributed by atoms with Crippen LogP contribution in [-0.4, -0.2) is 24.9 Å². The zero-order valence-electron chi connectivity index (χ0n) is 17.6. The highest BCUT2D eigenvalue weighted by Gasteiger charge is 2.36. The minimum absolute atomic E-state index is 0.0689. The van der Waals surface area contributed by atoms with Crippen molar-refractivity contribution in [2.24, 2.45) is 5.92 Å². The maximum Gasteiger partial charge on any atom is 0.229 e. The van der Waals surface area contributed by atoms with Gasteiger partial charge < -0.3 is 15.1 Å². The third-order valence-electron chi connectivity index (χ3n) is 6.27. The standard InChI is InChI=1S/C26H24FN3O2/c27-21-9-3-5-11-23(21)30-17-20(15-25(30)31)26(32)28-22-10-4-6-12-24(22)29-14-13-18-7-1-2-8-19(18)16-29/h1-12,20H,13-17H2,(H,28,32). The van der Waals surface area contributed by atoms with Crippen molar-refractivity contribution in [3.63, 3.8) is 0 Å². The van der Waals surface area contributed by atoms with Crippen molar-refractivity contribution in [2.75, 3.05) is 28.2 Å². The van der Waals surface area contributed by atoms with Gasteiger partial charge in [-0.05, 0) is 41.8 Å². The summed E-state index contributed by atoms with van der Waals surface area (Å²) in [4.78, 5) is 29.2. The number of carbonyl (C=O) groups is 2. The third kappa shape index (κ3) is 3.84. The van der Waals surface area contributed by atoms with E-state index in [0.29, 0.717) is 0 Å². The van der Waals surface area contributed by atoms with Gasteiger partial charge in [0.1, 0.15) is 5.82 Å². The summed E-state index contributed by atoms with van der Waals surface area (Å²) in [5.74, 6) is -1.45. The second kappa shape index (κ2) is 8.46. The number of benzene rings is 3. The Balaban J connectivity index is 1.32. The van der Waals surface area contributed by atoms with Crippen LogP contribution in [0.4, 0.5) is 21.5 Å². The Morgan fingerprint density at radius 3 is 2.41 bits per heavy atom. The van der Waals surface area contributed by atoms with Gasteiger partial charge in [0.25, 0.3) is 0 Å². The van der Waals surface area contributed by atoms with Gasteiger partial charge in [-0.3, -0.25) is 9.59 Å². The molecule has 5 rings (SSSR count). The van der Waals surface area contributed by atoms with Gasteiger partial charge in [0.2, 0.25) is 11.8 Å². The van der Waals surface area contributed by atoms with E-state index < -0.39 is 11.7 Å². The molecule has 1 N–H and O–H groups in total. The van der Waals surface area contributed by atoms with Crippen molar-refractivity contribution in [1.82, 2.24) is 0 Å². The molecule has 3 aromatic rings. The lowest BCUT2D eigenvalue weighted by Gasteiger charge is -2.32. The van der Waals surface area contributed by atoms with E-state index in [9.17, 15) is 14.0 Å². The fraction of sp³-hybridized carbons (Fsp3) is 0.231. The largest absolute Gasteiger partial charge is 0.365 e. The number of fused-ring (bicyclic) bond motifs is 1. The van der Waals surface area contributed by atoms with Gasteiger partial charge in [-0.2, -0.15) is 0 Å². The number of nitrogens with zero attached hydrogens (tertiary/aromatic N) is 2. The Bertz CT molecular complexity index is 1180. The van der Waals surface area contributed by atoms with Gasteiger partial charge in [-0.1, -0.05) is 48.5 Å². The van der Waals surface area contributed by atoms with E-state index in [1.807, 2.05) is 24.3 Å². The fourth-order valence-electron chi connectivity index (χ4n) is 4.58. The number of hydrogen-bond donors (Lipinski definition) is 1. The Kier molecular flexibility index (Phi) is 5.35. The van der Waals surface area contributed by atoms with Gasteiger partial charge in [-0.25, -0.2) is 4.39 Å². The Hall–Kier alpha value is -3.67. The molecule has 1 saturated heterocycles. The predicted molar refractivity (Wildman–Crippen MR) is 123 cm³/mol. The molecule has 32 heavy (non-hydrogen) atoms. The van der Waals surface area contributed by atoms with Crippen LogP contribution < -0.4 is 15.1 Å². The topological polar surface area (TPSA) is 52.7 Å². The summed E-state index contributed by atoms with van der Waals surface area (Å²) in [6.45, 7) is 1.82. The number of para-hydroxylation sites is 3. The van der Waals surface area contributed by atoms with Crippen LogP contribution in [-0.2, 0) is 22.6 Å². The van der Waals surface area contributed by atoms with E-state index in [4.69, 9.17) is 0 Å². The van der Waals surface area contributed by atoms with Gasteiger partial charge in [0.05, 0.1) is 23.0 Å². The van der Waals surface area contributed by atoms with Crippen LogP contribution in [0.15, 0.2) is 72.8 Å². The summed E-state index contributed by atoms with van der Waals surface area (Å²) in [6.07, 6.45) is 1.02. The van der Waals surface area contributed by atoms with E-state index >= 15 is 0 Å². The van der Waals surface area contributed by atoms with E-state index in [2.05, 4.69) is 34.5 Å². The van der Waals surface area contributed by atoms with Gasteiger partial charge in [-0.15, -0.1) is 0 Å². The number of amides is 2. The fourth-order valence-corrected chi connectivity index (χ4v) is 4.58. The molecular weight excluding hydrogens is 405 g/mol. The maximum atomic E-state index is 14.2. The molecule has 0 aliphatic carbocycles. The Morgan fingerprint density at radius 2 is 1.59 bits per heavy atom. The molecule has 1 unspecified atom stereocenters. The third-order valence-corrected chi connectivity index (χ3v) is 6.27. The summed E-state index contributed by atoms with van der Waals surface area (Å²) in [6, 6.07) is 22.3. The monoisotopic (exact) mass is 429 g/mol. The lowest BCUT2D eigenvalue weighted by atomic mass is 9.99. The average Bonchev–Trinajstić information content (AvgIpc) is 3.21. The van der Waals surface area contributed by atoms with Crippen molar-refractivity contribution >= 4 is 28.9 Å². The minimum atomic E-state index is -0.530. The molecule has 5 nitrogen and oxygen atoms in total. The van der Waals surface area contributed by atoms with E-state index in [-0.39, 0.29) is 30.5 Å². The number of anilines is 3. The molecule has 1 atom stereocenters. The SMILES string of the molecule is O=C(Nc1ccccc1N1CCc2ccccc2C1)C1CC(=O)N(c2ccccc2F)C1. The van der Waals surface area contributed by atoms with Crippen LogP contribution in [0.5, 0.6) is 0 Å². The molecule has 0 bridgehead atoms.